The van der Waals surface area contributed by atoms with Gasteiger partial charge in [-0.05, 0) is 36.2 Å². The van der Waals surface area contributed by atoms with Crippen molar-refractivity contribution in [2.24, 2.45) is 5.73 Å². The quantitative estimate of drug-likeness (QED) is 0.895. The van der Waals surface area contributed by atoms with Crippen LogP contribution in [-0.2, 0) is 0 Å². The van der Waals surface area contributed by atoms with Crippen LogP contribution in [0, 0.1) is 6.92 Å². The maximum Gasteiger partial charge on any atom is 0.136 e. The van der Waals surface area contributed by atoms with Gasteiger partial charge in [-0.25, -0.2) is 0 Å². The fraction of sp³-hybridized carbons (Fsp3) is 0.250. The zero-order valence-electron chi connectivity index (χ0n) is 11.3. The molecule has 2 aromatic carbocycles. The Morgan fingerprint density at radius 3 is 2.58 bits per heavy atom. The van der Waals surface area contributed by atoms with Crippen molar-refractivity contribution in [2.45, 2.75) is 13.0 Å². The number of benzene rings is 2. The minimum absolute atomic E-state index is 0.170. The van der Waals surface area contributed by atoms with Crippen LogP contribution in [0.15, 0.2) is 48.5 Å². The molecule has 2 N–H and O–H groups in total. The molecule has 0 aromatic heterocycles. The highest BCUT2D eigenvalue weighted by Crippen LogP contribution is 2.26. The first kappa shape index (κ1) is 13.4. The van der Waals surface area contributed by atoms with Crippen molar-refractivity contribution in [1.29, 1.82) is 0 Å². The van der Waals surface area contributed by atoms with Crippen LogP contribution in [0.25, 0.3) is 0 Å². The van der Waals surface area contributed by atoms with Crippen molar-refractivity contribution in [3.63, 3.8) is 0 Å². The van der Waals surface area contributed by atoms with Gasteiger partial charge < -0.3 is 15.2 Å². The van der Waals surface area contributed by atoms with Crippen molar-refractivity contribution < 1.29 is 9.47 Å². The summed E-state index contributed by atoms with van der Waals surface area (Å²) in [5.74, 6) is 1.67. The van der Waals surface area contributed by atoms with Crippen LogP contribution in [0.3, 0.4) is 0 Å². The van der Waals surface area contributed by atoms with E-state index in [1.54, 1.807) is 7.11 Å². The van der Waals surface area contributed by atoms with Crippen LogP contribution in [0.2, 0.25) is 0 Å². The van der Waals surface area contributed by atoms with Gasteiger partial charge in [-0.2, -0.15) is 0 Å². The number of aryl methyl sites for hydroxylation is 1. The van der Waals surface area contributed by atoms with E-state index in [0.29, 0.717) is 6.54 Å². The van der Waals surface area contributed by atoms with Gasteiger partial charge in [0.15, 0.2) is 0 Å². The first-order chi connectivity index (χ1) is 9.24. The molecule has 0 heterocycles. The second-order valence-corrected chi connectivity index (χ2v) is 4.38. The molecule has 0 bridgehead atoms. The summed E-state index contributed by atoms with van der Waals surface area (Å²) in [6.07, 6.45) is -0.170. The van der Waals surface area contributed by atoms with Gasteiger partial charge in [-0.15, -0.1) is 0 Å². The highest BCUT2D eigenvalue weighted by molar-refractivity contribution is 5.34. The molecule has 3 heteroatoms. The Morgan fingerprint density at radius 2 is 1.89 bits per heavy atom. The van der Waals surface area contributed by atoms with E-state index < -0.39 is 0 Å². The molecule has 0 saturated heterocycles. The lowest BCUT2D eigenvalue weighted by Crippen LogP contribution is -2.18. The van der Waals surface area contributed by atoms with E-state index in [4.69, 9.17) is 15.2 Å². The standard InChI is InChI=1S/C16H19NO2/c1-12-6-3-4-9-15(12)19-16(11-17)13-7-5-8-14(10-13)18-2/h3-10,16H,11,17H2,1-2H3. The number of nitrogens with two attached hydrogens (primary N) is 1. The molecular formula is C16H19NO2. The molecule has 19 heavy (non-hydrogen) atoms. The Balaban J connectivity index is 2.22. The minimum atomic E-state index is -0.170. The van der Waals surface area contributed by atoms with Gasteiger partial charge in [0.05, 0.1) is 7.11 Å². The molecule has 0 fully saturated rings. The summed E-state index contributed by atoms with van der Waals surface area (Å²) in [6, 6.07) is 15.7. The van der Waals surface area contributed by atoms with E-state index in [1.807, 2.05) is 55.5 Å². The van der Waals surface area contributed by atoms with Crippen molar-refractivity contribution in [2.75, 3.05) is 13.7 Å². The first-order valence-corrected chi connectivity index (χ1v) is 6.31. The summed E-state index contributed by atoms with van der Waals surface area (Å²) >= 11 is 0. The molecule has 0 aliphatic carbocycles. The van der Waals surface area contributed by atoms with Crippen LogP contribution in [-0.4, -0.2) is 13.7 Å². The number of methoxy groups -OCH3 is 1. The third kappa shape index (κ3) is 3.26. The molecule has 1 atom stereocenters. The second kappa shape index (κ2) is 6.25. The van der Waals surface area contributed by atoms with E-state index in [-0.39, 0.29) is 6.10 Å². The molecule has 1 unspecified atom stereocenters. The smallest absolute Gasteiger partial charge is 0.136 e. The summed E-state index contributed by atoms with van der Waals surface area (Å²) in [5.41, 5.74) is 7.95. The molecule has 3 nitrogen and oxygen atoms in total. The van der Waals surface area contributed by atoms with Crippen molar-refractivity contribution >= 4 is 0 Å². The summed E-state index contributed by atoms with van der Waals surface area (Å²) < 4.78 is 11.2. The van der Waals surface area contributed by atoms with E-state index in [2.05, 4.69) is 0 Å². The SMILES string of the molecule is COc1cccc(C(CN)Oc2ccccc2C)c1. The molecule has 0 spiro atoms. The third-order valence-electron chi connectivity index (χ3n) is 3.04. The van der Waals surface area contributed by atoms with Crippen LogP contribution >= 0.6 is 0 Å². The topological polar surface area (TPSA) is 44.5 Å². The Labute approximate surface area is 114 Å². The summed E-state index contributed by atoms with van der Waals surface area (Å²) in [4.78, 5) is 0. The van der Waals surface area contributed by atoms with Gasteiger partial charge in [0.25, 0.3) is 0 Å². The molecular weight excluding hydrogens is 238 g/mol. The van der Waals surface area contributed by atoms with E-state index >= 15 is 0 Å². The maximum absolute atomic E-state index is 6.00. The molecule has 0 radical (unpaired) electrons. The monoisotopic (exact) mass is 257 g/mol. The van der Waals surface area contributed by atoms with E-state index in [1.165, 1.54) is 0 Å². The third-order valence-corrected chi connectivity index (χ3v) is 3.04. The predicted octanol–water partition coefficient (Wildman–Crippen LogP) is 3.08. The first-order valence-electron chi connectivity index (χ1n) is 6.31. The minimum Gasteiger partial charge on any atom is -0.497 e. The van der Waals surface area contributed by atoms with Crippen LogP contribution < -0.4 is 15.2 Å². The molecule has 0 aliphatic heterocycles. The van der Waals surface area contributed by atoms with Crippen molar-refractivity contribution in [3.05, 3.63) is 59.7 Å². The largest absolute Gasteiger partial charge is 0.497 e. The molecule has 100 valence electrons. The van der Waals surface area contributed by atoms with Crippen molar-refractivity contribution in [3.8, 4) is 11.5 Å². The summed E-state index contributed by atoms with van der Waals surface area (Å²) in [6.45, 7) is 2.44. The Kier molecular flexibility index (Phi) is 4.42. The van der Waals surface area contributed by atoms with Crippen LogP contribution in [0.1, 0.15) is 17.2 Å². The molecule has 0 saturated carbocycles. The van der Waals surface area contributed by atoms with Gasteiger partial charge in [0.2, 0.25) is 0 Å². The van der Waals surface area contributed by atoms with Crippen LogP contribution in [0.4, 0.5) is 0 Å². The Bertz CT molecular complexity index is 540. The van der Waals surface area contributed by atoms with E-state index in [0.717, 1.165) is 22.6 Å². The second-order valence-electron chi connectivity index (χ2n) is 4.38. The zero-order valence-corrected chi connectivity index (χ0v) is 11.3. The fourth-order valence-electron chi connectivity index (χ4n) is 1.94. The highest BCUT2D eigenvalue weighted by Gasteiger charge is 2.13. The van der Waals surface area contributed by atoms with Gasteiger partial charge >= 0.3 is 0 Å². The van der Waals surface area contributed by atoms with Gasteiger partial charge in [-0.3, -0.25) is 0 Å². The number of rotatable bonds is 5. The molecule has 2 aromatic rings. The highest BCUT2D eigenvalue weighted by atomic mass is 16.5. The van der Waals surface area contributed by atoms with Gasteiger partial charge in [0, 0.05) is 6.54 Å². The number of hydrogen-bond donors (Lipinski definition) is 1. The summed E-state index contributed by atoms with van der Waals surface area (Å²) in [7, 11) is 1.65. The zero-order chi connectivity index (χ0) is 13.7. The number of hydrogen-bond acceptors (Lipinski definition) is 3. The van der Waals surface area contributed by atoms with E-state index in [9.17, 15) is 0 Å². The number of ether oxygens (including phenoxy) is 2. The summed E-state index contributed by atoms with van der Waals surface area (Å²) in [5, 5.41) is 0. The lowest BCUT2D eigenvalue weighted by Gasteiger charge is -2.19. The fourth-order valence-corrected chi connectivity index (χ4v) is 1.94. The number of para-hydroxylation sites is 1. The lowest BCUT2D eigenvalue weighted by molar-refractivity contribution is 0.212. The average Bonchev–Trinajstić information content (AvgIpc) is 2.46. The van der Waals surface area contributed by atoms with Gasteiger partial charge in [-0.1, -0.05) is 30.3 Å². The average molecular weight is 257 g/mol. The normalized spacial score (nSPS) is 11.9. The predicted molar refractivity (Wildman–Crippen MR) is 76.6 cm³/mol. The maximum atomic E-state index is 6.00. The van der Waals surface area contributed by atoms with Crippen LogP contribution in [0.5, 0.6) is 11.5 Å². The van der Waals surface area contributed by atoms with Crippen molar-refractivity contribution in [1.82, 2.24) is 0 Å². The Hall–Kier alpha value is -2.00. The van der Waals surface area contributed by atoms with Gasteiger partial charge in [0.1, 0.15) is 17.6 Å². The lowest BCUT2D eigenvalue weighted by atomic mass is 10.1. The molecule has 0 aliphatic rings. The molecule has 0 amide bonds. The Morgan fingerprint density at radius 1 is 1.11 bits per heavy atom. The molecule has 2 rings (SSSR count).